The highest BCUT2D eigenvalue weighted by Crippen LogP contribution is 2.48. The van der Waals surface area contributed by atoms with E-state index in [1.54, 1.807) is 18.5 Å². The Morgan fingerprint density at radius 1 is 1.59 bits per heavy atom. The average Bonchev–Trinajstić information content (AvgIpc) is 3.01. The van der Waals surface area contributed by atoms with Gasteiger partial charge in [-0.25, -0.2) is 0 Å². The van der Waals surface area contributed by atoms with Gasteiger partial charge in [-0.2, -0.15) is 0 Å². The first-order valence-electron chi connectivity index (χ1n) is 5.91. The van der Waals surface area contributed by atoms with Crippen molar-refractivity contribution >= 4 is 11.6 Å². The molecule has 6 heteroatoms. The third kappa shape index (κ3) is 2.11. The predicted molar refractivity (Wildman–Crippen MR) is 65.0 cm³/mol. The molecule has 17 heavy (non-hydrogen) atoms. The molecule has 0 spiro atoms. The highest BCUT2D eigenvalue weighted by molar-refractivity contribution is 5.53. The van der Waals surface area contributed by atoms with Gasteiger partial charge in [0.1, 0.15) is 0 Å². The average molecular weight is 238 g/mol. The van der Waals surface area contributed by atoms with Crippen LogP contribution in [0.2, 0.25) is 0 Å². The second-order valence-electron chi connectivity index (χ2n) is 4.85. The molecule has 1 fully saturated rings. The minimum atomic E-state index is -0.430. The number of nitro groups is 1. The molecule has 0 amide bonds. The Morgan fingerprint density at radius 3 is 2.71 bits per heavy atom. The van der Waals surface area contributed by atoms with E-state index in [0.717, 1.165) is 13.0 Å². The molecule has 0 saturated heterocycles. The molecule has 94 valence electrons. The molecule has 0 bridgehead atoms. The molecule has 6 nitrogen and oxygen atoms in total. The molecule has 0 unspecified atom stereocenters. The summed E-state index contributed by atoms with van der Waals surface area (Å²) in [5.74, 6) is 1.10. The molecule has 1 aliphatic carbocycles. The lowest BCUT2D eigenvalue weighted by molar-refractivity contribution is -0.388. The fourth-order valence-electron chi connectivity index (χ4n) is 2.02. The summed E-state index contributed by atoms with van der Waals surface area (Å²) in [6, 6.07) is 0. The van der Waals surface area contributed by atoms with Gasteiger partial charge in [0, 0.05) is 20.5 Å². The molecule has 1 aromatic heterocycles. The predicted octanol–water partition coefficient (Wildman–Crippen LogP) is 2.24. The Bertz CT molecular complexity index is 449. The molecule has 2 rings (SSSR count). The van der Waals surface area contributed by atoms with Crippen molar-refractivity contribution in [2.75, 3.05) is 11.9 Å². The van der Waals surface area contributed by atoms with Crippen molar-refractivity contribution in [2.24, 2.45) is 12.5 Å². The number of hydrogen-bond acceptors (Lipinski definition) is 4. The molecular weight excluding hydrogens is 220 g/mol. The number of rotatable bonds is 5. The maximum atomic E-state index is 10.9. The van der Waals surface area contributed by atoms with Crippen LogP contribution in [-0.4, -0.2) is 21.0 Å². The van der Waals surface area contributed by atoms with Crippen LogP contribution in [0.15, 0.2) is 0 Å². The van der Waals surface area contributed by atoms with Gasteiger partial charge in [-0.1, -0.05) is 6.92 Å². The van der Waals surface area contributed by atoms with Gasteiger partial charge in [-0.3, -0.25) is 4.57 Å². The Morgan fingerprint density at radius 2 is 2.24 bits per heavy atom. The molecule has 1 saturated carbocycles. The topological polar surface area (TPSA) is 73.0 Å². The second kappa shape index (κ2) is 4.01. The van der Waals surface area contributed by atoms with Crippen molar-refractivity contribution < 1.29 is 4.92 Å². The Balaban J connectivity index is 2.17. The first kappa shape index (κ1) is 11.9. The van der Waals surface area contributed by atoms with E-state index in [-0.39, 0.29) is 5.82 Å². The van der Waals surface area contributed by atoms with Crippen LogP contribution in [0.5, 0.6) is 0 Å². The van der Waals surface area contributed by atoms with Gasteiger partial charge in [-0.15, -0.1) is 0 Å². The molecule has 0 aliphatic heterocycles. The molecule has 0 aromatic carbocycles. The van der Waals surface area contributed by atoms with Gasteiger partial charge in [-0.05, 0) is 34.6 Å². The number of nitrogens with zero attached hydrogens (tertiary/aromatic N) is 3. The zero-order valence-corrected chi connectivity index (χ0v) is 10.5. The standard InChI is InChI=1S/C11H18N4O2/c1-4-11(5-6-11)7-12-9-10(15(16)17)13-8(2)14(9)3/h12H,4-7H2,1-3H3. The number of aromatic nitrogens is 2. The van der Waals surface area contributed by atoms with Gasteiger partial charge in [0.2, 0.25) is 11.6 Å². The summed E-state index contributed by atoms with van der Waals surface area (Å²) >= 11 is 0. The number of aryl methyl sites for hydroxylation is 1. The first-order chi connectivity index (χ1) is 7.99. The number of anilines is 1. The third-order valence-corrected chi connectivity index (χ3v) is 3.81. The largest absolute Gasteiger partial charge is 0.406 e. The Hall–Kier alpha value is -1.59. The summed E-state index contributed by atoms with van der Waals surface area (Å²) in [4.78, 5) is 14.4. The lowest BCUT2D eigenvalue weighted by atomic mass is 10.0. The van der Waals surface area contributed by atoms with Crippen LogP contribution in [0.3, 0.4) is 0 Å². The Kier molecular flexibility index (Phi) is 2.81. The van der Waals surface area contributed by atoms with Crippen LogP contribution in [0.1, 0.15) is 32.0 Å². The summed E-state index contributed by atoms with van der Waals surface area (Å²) in [6.07, 6.45) is 3.53. The monoisotopic (exact) mass is 238 g/mol. The second-order valence-corrected chi connectivity index (χ2v) is 4.85. The summed E-state index contributed by atoms with van der Waals surface area (Å²) in [5.41, 5.74) is 0.353. The number of nitrogens with one attached hydrogen (secondary N) is 1. The van der Waals surface area contributed by atoms with Crippen molar-refractivity contribution in [3.8, 4) is 0 Å². The van der Waals surface area contributed by atoms with E-state index < -0.39 is 4.92 Å². The normalized spacial score (nSPS) is 16.9. The highest BCUT2D eigenvalue weighted by atomic mass is 16.6. The van der Waals surface area contributed by atoms with E-state index >= 15 is 0 Å². The van der Waals surface area contributed by atoms with Gasteiger partial charge in [0.25, 0.3) is 0 Å². The molecule has 0 atom stereocenters. The number of hydrogen-bond donors (Lipinski definition) is 1. The lowest BCUT2D eigenvalue weighted by Gasteiger charge is -2.14. The van der Waals surface area contributed by atoms with Crippen molar-refractivity contribution in [3.05, 3.63) is 15.9 Å². The van der Waals surface area contributed by atoms with Crippen LogP contribution >= 0.6 is 0 Å². The van der Waals surface area contributed by atoms with Crippen LogP contribution < -0.4 is 5.32 Å². The molecule has 1 aromatic rings. The SMILES string of the molecule is CCC1(CNc2c([N+](=O)[O-])nc(C)n2C)CC1. The third-order valence-electron chi connectivity index (χ3n) is 3.81. The van der Waals surface area contributed by atoms with Crippen LogP contribution in [-0.2, 0) is 7.05 Å². The van der Waals surface area contributed by atoms with Gasteiger partial charge in [0.15, 0.2) is 0 Å². The Labute approximate surface area is 100 Å². The zero-order valence-electron chi connectivity index (χ0n) is 10.5. The fourth-order valence-corrected chi connectivity index (χ4v) is 2.02. The van der Waals surface area contributed by atoms with Gasteiger partial charge >= 0.3 is 5.82 Å². The van der Waals surface area contributed by atoms with Crippen LogP contribution in [0.4, 0.5) is 11.6 Å². The minimum Gasteiger partial charge on any atom is -0.364 e. The van der Waals surface area contributed by atoms with Gasteiger partial charge in [0.05, 0.1) is 0 Å². The molecular formula is C11H18N4O2. The van der Waals surface area contributed by atoms with E-state index in [0.29, 0.717) is 17.1 Å². The van der Waals surface area contributed by atoms with Crippen LogP contribution in [0.25, 0.3) is 0 Å². The van der Waals surface area contributed by atoms with Crippen molar-refractivity contribution in [1.29, 1.82) is 0 Å². The van der Waals surface area contributed by atoms with Gasteiger partial charge < -0.3 is 15.4 Å². The van der Waals surface area contributed by atoms with E-state index in [9.17, 15) is 10.1 Å². The summed E-state index contributed by atoms with van der Waals surface area (Å²) in [5, 5.41) is 14.1. The summed E-state index contributed by atoms with van der Waals surface area (Å²) in [7, 11) is 1.79. The molecule has 0 radical (unpaired) electrons. The van der Waals surface area contributed by atoms with Crippen molar-refractivity contribution in [2.45, 2.75) is 33.1 Å². The van der Waals surface area contributed by atoms with Crippen LogP contribution in [0, 0.1) is 22.5 Å². The summed E-state index contributed by atoms with van der Waals surface area (Å²) in [6.45, 7) is 4.73. The summed E-state index contributed by atoms with van der Waals surface area (Å²) < 4.78 is 1.74. The molecule has 1 aliphatic rings. The maximum absolute atomic E-state index is 10.9. The van der Waals surface area contributed by atoms with Crippen molar-refractivity contribution in [3.63, 3.8) is 0 Å². The minimum absolute atomic E-state index is 0.0723. The lowest BCUT2D eigenvalue weighted by Crippen LogP contribution is -2.17. The molecule has 1 heterocycles. The van der Waals surface area contributed by atoms with E-state index in [1.807, 2.05) is 0 Å². The van der Waals surface area contributed by atoms with E-state index in [2.05, 4.69) is 17.2 Å². The van der Waals surface area contributed by atoms with E-state index in [1.165, 1.54) is 12.8 Å². The number of imidazole rings is 1. The zero-order chi connectivity index (χ0) is 12.6. The smallest absolute Gasteiger partial charge is 0.364 e. The maximum Gasteiger partial charge on any atom is 0.406 e. The quantitative estimate of drug-likeness (QED) is 0.630. The van der Waals surface area contributed by atoms with E-state index in [4.69, 9.17) is 0 Å². The molecule has 1 N–H and O–H groups in total. The fraction of sp³-hybridized carbons (Fsp3) is 0.727. The highest BCUT2D eigenvalue weighted by Gasteiger charge is 2.41. The first-order valence-corrected chi connectivity index (χ1v) is 5.91. The van der Waals surface area contributed by atoms with Crippen molar-refractivity contribution in [1.82, 2.24) is 9.55 Å².